The van der Waals surface area contributed by atoms with Gasteiger partial charge in [0.2, 0.25) is 5.91 Å². The van der Waals surface area contributed by atoms with Crippen LogP contribution in [0.4, 0.5) is 0 Å². The van der Waals surface area contributed by atoms with Crippen LogP contribution in [0.5, 0.6) is 0 Å². The van der Waals surface area contributed by atoms with Crippen LogP contribution >= 0.6 is 0 Å². The molecule has 0 bridgehead atoms. The maximum Gasteiger partial charge on any atom is 0.305 e. The van der Waals surface area contributed by atoms with Crippen LogP contribution in [-0.2, 0) is 20.7 Å². The van der Waals surface area contributed by atoms with E-state index in [1.54, 1.807) is 6.92 Å². The molecule has 1 aromatic rings. The molecule has 0 aliphatic carbocycles. The molecule has 2 rings (SSSR count). The molecule has 0 saturated heterocycles. The number of carbonyl (C=O) groups excluding carboxylic acids is 1. The molecule has 1 aliphatic rings. The van der Waals surface area contributed by atoms with Crippen molar-refractivity contribution in [1.82, 2.24) is 5.32 Å². The third-order valence-electron chi connectivity index (χ3n) is 3.35. The van der Waals surface area contributed by atoms with E-state index in [1.807, 2.05) is 18.2 Å². The normalized spacial score (nSPS) is 18.9. The van der Waals surface area contributed by atoms with Crippen molar-refractivity contribution in [1.29, 1.82) is 0 Å². The van der Waals surface area contributed by atoms with Crippen molar-refractivity contribution in [3.05, 3.63) is 35.4 Å². The quantitative estimate of drug-likeness (QED) is 0.858. The number of carboxylic acids is 1. The molecule has 1 amide bonds. The Kier molecular flexibility index (Phi) is 4.74. The first-order valence-electron chi connectivity index (χ1n) is 6.77. The first-order valence-corrected chi connectivity index (χ1v) is 6.77. The predicted octanol–water partition coefficient (Wildman–Crippen LogP) is 1.67. The number of amides is 1. The molecule has 20 heavy (non-hydrogen) atoms. The summed E-state index contributed by atoms with van der Waals surface area (Å²) in [5.41, 5.74) is 2.27. The zero-order chi connectivity index (χ0) is 14.5. The summed E-state index contributed by atoms with van der Waals surface area (Å²) in [6, 6.07) is 7.57. The molecule has 0 saturated carbocycles. The summed E-state index contributed by atoms with van der Waals surface area (Å²) in [6.45, 7) is 2.29. The molecule has 1 aromatic carbocycles. The van der Waals surface area contributed by atoms with Gasteiger partial charge in [-0.2, -0.15) is 0 Å². The largest absolute Gasteiger partial charge is 0.481 e. The maximum absolute atomic E-state index is 11.9. The lowest BCUT2D eigenvalue weighted by Crippen LogP contribution is -2.35. The molecule has 5 nitrogen and oxygen atoms in total. The van der Waals surface area contributed by atoms with Crippen LogP contribution in [0.1, 0.15) is 37.0 Å². The number of carbonyl (C=O) groups is 2. The molecule has 5 heteroatoms. The van der Waals surface area contributed by atoms with E-state index in [2.05, 4.69) is 11.4 Å². The molecule has 0 aromatic heterocycles. The average Bonchev–Trinajstić information content (AvgIpc) is 2.38. The highest BCUT2D eigenvalue weighted by Gasteiger charge is 2.23. The summed E-state index contributed by atoms with van der Waals surface area (Å²) in [5, 5.41) is 11.4. The van der Waals surface area contributed by atoms with E-state index in [1.165, 1.54) is 5.56 Å². The lowest BCUT2D eigenvalue weighted by atomic mass is 9.95. The number of aliphatic carboxylic acids is 1. The molecule has 2 atom stereocenters. The Bertz CT molecular complexity index is 500. The fourth-order valence-corrected chi connectivity index (χ4v) is 2.46. The van der Waals surface area contributed by atoms with Crippen molar-refractivity contribution in [2.45, 2.75) is 38.3 Å². The Hall–Kier alpha value is -1.88. The standard InChI is InChI=1S/C15H19NO4/c1-10(8-15(18)19)16-14(17)9-13-12-5-3-2-4-11(12)6-7-20-13/h2-5,10,13H,6-9H2,1H3,(H,16,17)(H,18,19). The lowest BCUT2D eigenvalue weighted by Gasteiger charge is -2.26. The summed E-state index contributed by atoms with van der Waals surface area (Å²) in [7, 11) is 0. The SMILES string of the molecule is CC(CC(=O)O)NC(=O)CC1OCCc2ccccc21. The van der Waals surface area contributed by atoms with Gasteiger partial charge in [-0.25, -0.2) is 0 Å². The molecular formula is C15H19NO4. The van der Waals surface area contributed by atoms with Gasteiger partial charge in [-0.15, -0.1) is 0 Å². The van der Waals surface area contributed by atoms with E-state index in [9.17, 15) is 9.59 Å². The fourth-order valence-electron chi connectivity index (χ4n) is 2.46. The van der Waals surface area contributed by atoms with Crippen LogP contribution < -0.4 is 5.32 Å². The summed E-state index contributed by atoms with van der Waals surface area (Å²) in [5.74, 6) is -1.10. The first-order chi connectivity index (χ1) is 9.56. The van der Waals surface area contributed by atoms with Gasteiger partial charge in [0.25, 0.3) is 0 Å². The smallest absolute Gasteiger partial charge is 0.305 e. The summed E-state index contributed by atoms with van der Waals surface area (Å²) in [4.78, 5) is 22.5. The van der Waals surface area contributed by atoms with Crippen molar-refractivity contribution in [2.24, 2.45) is 0 Å². The number of rotatable bonds is 5. The minimum Gasteiger partial charge on any atom is -0.481 e. The third-order valence-corrected chi connectivity index (χ3v) is 3.35. The zero-order valence-corrected chi connectivity index (χ0v) is 11.5. The monoisotopic (exact) mass is 277 g/mol. The van der Waals surface area contributed by atoms with Gasteiger partial charge in [0, 0.05) is 6.04 Å². The van der Waals surface area contributed by atoms with Crippen molar-refractivity contribution < 1.29 is 19.4 Å². The molecular weight excluding hydrogens is 258 g/mol. The Balaban J connectivity index is 1.94. The Labute approximate surface area is 117 Å². The second-order valence-electron chi connectivity index (χ2n) is 5.08. The van der Waals surface area contributed by atoms with E-state index in [4.69, 9.17) is 9.84 Å². The van der Waals surface area contributed by atoms with Crippen LogP contribution in [0, 0.1) is 0 Å². The van der Waals surface area contributed by atoms with Gasteiger partial charge in [0.05, 0.1) is 25.6 Å². The number of hydrogen-bond donors (Lipinski definition) is 2. The van der Waals surface area contributed by atoms with Crippen LogP contribution in [0.25, 0.3) is 0 Å². The molecule has 1 aliphatic heterocycles. The number of nitrogens with one attached hydrogen (secondary N) is 1. The number of hydrogen-bond acceptors (Lipinski definition) is 3. The highest BCUT2D eigenvalue weighted by atomic mass is 16.5. The molecule has 2 N–H and O–H groups in total. The fraction of sp³-hybridized carbons (Fsp3) is 0.467. The zero-order valence-electron chi connectivity index (χ0n) is 11.5. The van der Waals surface area contributed by atoms with Gasteiger partial charge in [-0.3, -0.25) is 9.59 Å². The Morgan fingerprint density at radius 2 is 2.20 bits per heavy atom. The van der Waals surface area contributed by atoms with Gasteiger partial charge in [-0.1, -0.05) is 24.3 Å². The van der Waals surface area contributed by atoms with Gasteiger partial charge >= 0.3 is 5.97 Å². The summed E-state index contributed by atoms with van der Waals surface area (Å²) < 4.78 is 5.66. The van der Waals surface area contributed by atoms with Gasteiger partial charge in [0.1, 0.15) is 0 Å². The maximum atomic E-state index is 11.9. The Morgan fingerprint density at radius 3 is 2.95 bits per heavy atom. The van der Waals surface area contributed by atoms with E-state index in [-0.39, 0.29) is 30.9 Å². The number of benzene rings is 1. The van der Waals surface area contributed by atoms with Crippen molar-refractivity contribution >= 4 is 11.9 Å². The van der Waals surface area contributed by atoms with Gasteiger partial charge < -0.3 is 15.2 Å². The number of ether oxygens (including phenoxy) is 1. The lowest BCUT2D eigenvalue weighted by molar-refractivity contribution is -0.137. The van der Waals surface area contributed by atoms with Gasteiger partial charge in [-0.05, 0) is 24.5 Å². The van der Waals surface area contributed by atoms with Crippen molar-refractivity contribution in [3.8, 4) is 0 Å². The predicted molar refractivity (Wildman–Crippen MR) is 73.3 cm³/mol. The van der Waals surface area contributed by atoms with Crippen LogP contribution in [-0.4, -0.2) is 29.6 Å². The Morgan fingerprint density at radius 1 is 1.45 bits per heavy atom. The highest BCUT2D eigenvalue weighted by molar-refractivity contribution is 5.78. The van der Waals surface area contributed by atoms with E-state index < -0.39 is 5.97 Å². The van der Waals surface area contributed by atoms with Crippen LogP contribution in [0.3, 0.4) is 0 Å². The highest BCUT2D eigenvalue weighted by Crippen LogP contribution is 2.29. The summed E-state index contributed by atoms with van der Waals surface area (Å²) >= 11 is 0. The topological polar surface area (TPSA) is 75.6 Å². The molecule has 0 fully saturated rings. The van der Waals surface area contributed by atoms with Crippen LogP contribution in [0.15, 0.2) is 24.3 Å². The van der Waals surface area contributed by atoms with Crippen molar-refractivity contribution in [3.63, 3.8) is 0 Å². The van der Waals surface area contributed by atoms with E-state index >= 15 is 0 Å². The van der Waals surface area contributed by atoms with E-state index in [0.29, 0.717) is 6.61 Å². The molecule has 0 radical (unpaired) electrons. The average molecular weight is 277 g/mol. The second kappa shape index (κ2) is 6.52. The first kappa shape index (κ1) is 14.5. The minimum atomic E-state index is -0.919. The molecule has 2 unspecified atom stereocenters. The van der Waals surface area contributed by atoms with Crippen molar-refractivity contribution in [2.75, 3.05) is 6.61 Å². The number of fused-ring (bicyclic) bond motifs is 1. The molecule has 1 heterocycles. The van der Waals surface area contributed by atoms with Gasteiger partial charge in [0.15, 0.2) is 0 Å². The van der Waals surface area contributed by atoms with Crippen LogP contribution in [0.2, 0.25) is 0 Å². The third kappa shape index (κ3) is 3.81. The second-order valence-corrected chi connectivity index (χ2v) is 5.08. The minimum absolute atomic E-state index is 0.0755. The molecule has 0 spiro atoms. The van der Waals surface area contributed by atoms with E-state index in [0.717, 1.165) is 12.0 Å². The number of carboxylic acid groups (broad SMARTS) is 1. The molecule has 108 valence electrons. The summed E-state index contributed by atoms with van der Waals surface area (Å²) in [6.07, 6.45) is 0.774.